The predicted molar refractivity (Wildman–Crippen MR) is 77.7 cm³/mol. The molecule has 0 radical (unpaired) electrons. The Bertz CT molecular complexity index is 638. The van der Waals surface area contributed by atoms with Crippen molar-refractivity contribution in [3.63, 3.8) is 0 Å². The quantitative estimate of drug-likeness (QED) is 0.852. The first-order valence-electron chi connectivity index (χ1n) is 6.72. The van der Waals surface area contributed by atoms with E-state index in [1.54, 1.807) is 16.9 Å². The fraction of sp³-hybridized carbons (Fsp3) is 0.333. The lowest BCUT2D eigenvalue weighted by Gasteiger charge is -2.25. The van der Waals surface area contributed by atoms with E-state index in [1.165, 1.54) is 0 Å². The van der Waals surface area contributed by atoms with Crippen molar-refractivity contribution in [1.29, 1.82) is 0 Å². The molecule has 1 aromatic heterocycles. The third-order valence-corrected chi connectivity index (χ3v) is 4.05. The highest BCUT2D eigenvalue weighted by Crippen LogP contribution is 2.36. The molecule has 0 saturated carbocycles. The number of carbonyl (C=O) groups is 1. The van der Waals surface area contributed by atoms with Gasteiger partial charge in [0.2, 0.25) is 0 Å². The highest BCUT2D eigenvalue weighted by Gasteiger charge is 2.32. The molecule has 1 aliphatic heterocycles. The van der Waals surface area contributed by atoms with Gasteiger partial charge < -0.3 is 4.90 Å². The monoisotopic (exact) mass is 289 g/mol. The van der Waals surface area contributed by atoms with Gasteiger partial charge in [0.25, 0.3) is 5.91 Å². The molecule has 2 aromatic rings. The van der Waals surface area contributed by atoms with Gasteiger partial charge in [0.1, 0.15) is 5.69 Å². The molecule has 0 bridgehead atoms. The van der Waals surface area contributed by atoms with Crippen molar-refractivity contribution in [3.8, 4) is 0 Å². The van der Waals surface area contributed by atoms with Crippen LogP contribution >= 0.6 is 11.6 Å². The number of rotatable bonds is 2. The molecule has 1 saturated heterocycles. The van der Waals surface area contributed by atoms with E-state index in [0.29, 0.717) is 5.69 Å². The highest BCUT2D eigenvalue weighted by atomic mass is 35.5. The minimum absolute atomic E-state index is 0.0204. The number of amides is 1. The van der Waals surface area contributed by atoms with Crippen molar-refractivity contribution in [2.24, 2.45) is 7.05 Å². The second kappa shape index (κ2) is 5.29. The summed E-state index contributed by atoms with van der Waals surface area (Å²) < 4.78 is 1.65. The first-order valence-corrected chi connectivity index (χ1v) is 7.09. The fourth-order valence-corrected chi connectivity index (χ4v) is 3.02. The third-order valence-electron chi connectivity index (χ3n) is 3.71. The average Bonchev–Trinajstić information content (AvgIpc) is 3.07. The fourth-order valence-electron chi connectivity index (χ4n) is 2.75. The normalized spacial score (nSPS) is 18.5. The summed E-state index contributed by atoms with van der Waals surface area (Å²) in [4.78, 5) is 14.4. The average molecular weight is 290 g/mol. The summed E-state index contributed by atoms with van der Waals surface area (Å²) in [7, 11) is 1.81. The van der Waals surface area contributed by atoms with E-state index >= 15 is 0 Å². The van der Waals surface area contributed by atoms with Crippen LogP contribution in [0, 0.1) is 0 Å². The van der Waals surface area contributed by atoms with E-state index in [0.717, 1.165) is 30.0 Å². The topological polar surface area (TPSA) is 38.1 Å². The zero-order valence-electron chi connectivity index (χ0n) is 11.3. The van der Waals surface area contributed by atoms with Crippen LogP contribution < -0.4 is 0 Å². The summed E-state index contributed by atoms with van der Waals surface area (Å²) in [5.41, 5.74) is 1.52. The highest BCUT2D eigenvalue weighted by molar-refractivity contribution is 6.31. The van der Waals surface area contributed by atoms with E-state index in [2.05, 4.69) is 5.10 Å². The maximum absolute atomic E-state index is 12.6. The van der Waals surface area contributed by atoms with Gasteiger partial charge in [-0.05, 0) is 30.5 Å². The Morgan fingerprint density at radius 2 is 2.15 bits per heavy atom. The summed E-state index contributed by atoms with van der Waals surface area (Å²) in [6.45, 7) is 0.755. The van der Waals surface area contributed by atoms with Gasteiger partial charge in [0.05, 0.1) is 6.04 Å². The van der Waals surface area contributed by atoms with Crippen molar-refractivity contribution in [1.82, 2.24) is 14.7 Å². The number of benzene rings is 1. The Labute approximate surface area is 123 Å². The van der Waals surface area contributed by atoms with Crippen molar-refractivity contribution in [2.75, 3.05) is 6.54 Å². The SMILES string of the molecule is Cn1ccc(C(=O)N2CCC[C@H]2c2ccccc2Cl)n1. The number of nitrogens with zero attached hydrogens (tertiary/aromatic N) is 3. The van der Waals surface area contributed by atoms with Crippen LogP contribution in [0.3, 0.4) is 0 Å². The summed E-state index contributed by atoms with van der Waals surface area (Å²) >= 11 is 6.27. The van der Waals surface area contributed by atoms with E-state index in [9.17, 15) is 4.79 Å². The molecule has 0 unspecified atom stereocenters. The molecule has 1 fully saturated rings. The van der Waals surface area contributed by atoms with Crippen LogP contribution in [0.1, 0.15) is 34.9 Å². The molecule has 0 N–H and O–H groups in total. The molecule has 0 spiro atoms. The lowest BCUT2D eigenvalue weighted by atomic mass is 10.0. The molecule has 0 aliphatic carbocycles. The largest absolute Gasteiger partial charge is 0.330 e. The number of hydrogen-bond donors (Lipinski definition) is 0. The molecule has 1 amide bonds. The van der Waals surface area contributed by atoms with Gasteiger partial charge in [-0.15, -0.1) is 0 Å². The standard InChI is InChI=1S/C15H16ClN3O/c1-18-10-8-13(17-18)15(20)19-9-4-7-14(19)11-5-2-3-6-12(11)16/h2-3,5-6,8,10,14H,4,7,9H2,1H3/t14-/m0/s1. The van der Waals surface area contributed by atoms with Crippen LogP contribution in [-0.2, 0) is 7.05 Å². The molecule has 3 rings (SSSR count). The van der Waals surface area contributed by atoms with Gasteiger partial charge in [-0.1, -0.05) is 29.8 Å². The smallest absolute Gasteiger partial charge is 0.274 e. The van der Waals surface area contributed by atoms with Crippen LogP contribution in [0.15, 0.2) is 36.5 Å². The van der Waals surface area contributed by atoms with Gasteiger partial charge in [-0.25, -0.2) is 0 Å². The number of hydrogen-bond acceptors (Lipinski definition) is 2. The molecule has 1 aromatic carbocycles. The zero-order valence-corrected chi connectivity index (χ0v) is 12.0. The summed E-state index contributed by atoms with van der Waals surface area (Å²) in [6, 6.07) is 9.55. The maximum Gasteiger partial charge on any atom is 0.274 e. The van der Waals surface area contributed by atoms with Gasteiger partial charge in [0, 0.05) is 24.8 Å². The van der Waals surface area contributed by atoms with Gasteiger partial charge in [-0.2, -0.15) is 5.10 Å². The lowest BCUT2D eigenvalue weighted by molar-refractivity contribution is 0.0729. The maximum atomic E-state index is 12.6. The van der Waals surface area contributed by atoms with E-state index in [1.807, 2.05) is 36.2 Å². The van der Waals surface area contributed by atoms with E-state index in [-0.39, 0.29) is 11.9 Å². The van der Waals surface area contributed by atoms with E-state index in [4.69, 9.17) is 11.6 Å². The Morgan fingerprint density at radius 1 is 1.35 bits per heavy atom. The Morgan fingerprint density at radius 3 is 2.85 bits per heavy atom. The first-order chi connectivity index (χ1) is 9.66. The Kier molecular flexibility index (Phi) is 3.49. The van der Waals surface area contributed by atoms with Gasteiger partial charge in [0.15, 0.2) is 0 Å². The molecule has 20 heavy (non-hydrogen) atoms. The van der Waals surface area contributed by atoms with Gasteiger partial charge in [-0.3, -0.25) is 9.48 Å². The van der Waals surface area contributed by atoms with Crippen molar-refractivity contribution >= 4 is 17.5 Å². The Hall–Kier alpha value is -1.81. The second-order valence-corrected chi connectivity index (χ2v) is 5.46. The predicted octanol–water partition coefficient (Wildman–Crippen LogP) is 3.05. The van der Waals surface area contributed by atoms with Crippen LogP contribution in [0.25, 0.3) is 0 Å². The molecule has 104 valence electrons. The summed E-state index contributed by atoms with van der Waals surface area (Å²) in [5.74, 6) is -0.0204. The number of halogens is 1. The minimum atomic E-state index is -0.0204. The number of aromatic nitrogens is 2. The molecule has 5 heteroatoms. The molecule has 1 atom stereocenters. The van der Waals surface area contributed by atoms with Crippen LogP contribution in [0.2, 0.25) is 5.02 Å². The number of likely N-dealkylation sites (tertiary alicyclic amines) is 1. The van der Waals surface area contributed by atoms with Crippen LogP contribution in [0.5, 0.6) is 0 Å². The zero-order chi connectivity index (χ0) is 14.1. The summed E-state index contributed by atoms with van der Waals surface area (Å²) in [6.07, 6.45) is 3.73. The van der Waals surface area contributed by atoms with Crippen molar-refractivity contribution < 1.29 is 4.79 Å². The molecular formula is C15H16ClN3O. The van der Waals surface area contributed by atoms with Crippen molar-refractivity contribution in [2.45, 2.75) is 18.9 Å². The van der Waals surface area contributed by atoms with Crippen LogP contribution in [0.4, 0.5) is 0 Å². The molecule has 4 nitrogen and oxygen atoms in total. The van der Waals surface area contributed by atoms with E-state index < -0.39 is 0 Å². The molecule has 1 aliphatic rings. The second-order valence-electron chi connectivity index (χ2n) is 5.05. The number of aryl methyl sites for hydroxylation is 1. The third kappa shape index (κ3) is 2.31. The number of carbonyl (C=O) groups excluding carboxylic acids is 1. The van der Waals surface area contributed by atoms with Crippen molar-refractivity contribution in [3.05, 3.63) is 52.8 Å². The Balaban J connectivity index is 1.90. The molecule has 2 heterocycles. The van der Waals surface area contributed by atoms with Crippen LogP contribution in [-0.4, -0.2) is 27.1 Å². The first kappa shape index (κ1) is 13.2. The summed E-state index contributed by atoms with van der Waals surface area (Å²) in [5, 5.41) is 4.92. The minimum Gasteiger partial charge on any atom is -0.330 e. The van der Waals surface area contributed by atoms with Gasteiger partial charge >= 0.3 is 0 Å². The molecular weight excluding hydrogens is 274 g/mol. The lowest BCUT2D eigenvalue weighted by Crippen LogP contribution is -2.31.